The first-order valence-corrected chi connectivity index (χ1v) is 13.4. The topological polar surface area (TPSA) is 73.8 Å². The fraction of sp³-hybridized carbons (Fsp3) is 0.0278. The van der Waals surface area contributed by atoms with Crippen LogP contribution >= 0.6 is 0 Å². The minimum atomic E-state index is -0.954. The van der Waals surface area contributed by atoms with E-state index in [-0.39, 0.29) is 0 Å². The van der Waals surface area contributed by atoms with Crippen molar-refractivity contribution in [2.45, 2.75) is 5.54 Å². The van der Waals surface area contributed by atoms with E-state index in [4.69, 9.17) is 10.8 Å². The number of carbonyl (C=O) groups excluding carboxylic acids is 1. The number of aromatic nitrogens is 3. The number of rotatable bonds is 6. The minimum absolute atomic E-state index is 0.307. The first-order valence-electron chi connectivity index (χ1n) is 13.4. The Morgan fingerprint density at radius 1 is 0.683 bits per heavy atom. The van der Waals surface area contributed by atoms with Crippen molar-refractivity contribution in [3.63, 3.8) is 0 Å². The Kier molecular flexibility index (Phi) is 5.90. The Hall–Kier alpha value is -5.55. The number of benzene rings is 5. The summed E-state index contributed by atoms with van der Waals surface area (Å²) in [6, 6.07) is 46.7. The molecule has 0 fully saturated rings. The van der Waals surface area contributed by atoms with Crippen LogP contribution in [0.1, 0.15) is 27.0 Å². The van der Waals surface area contributed by atoms with Crippen LogP contribution < -0.4 is 5.73 Å². The second-order valence-electron chi connectivity index (χ2n) is 9.99. The van der Waals surface area contributed by atoms with Crippen molar-refractivity contribution in [2.24, 2.45) is 5.73 Å². The normalized spacial score (nSPS) is 11.6. The largest absolute Gasteiger partial charge is 0.366 e. The van der Waals surface area contributed by atoms with E-state index in [0.29, 0.717) is 22.3 Å². The van der Waals surface area contributed by atoms with Crippen molar-refractivity contribution in [2.75, 3.05) is 0 Å². The number of nitrogens with two attached hydrogens (primary N) is 1. The summed E-state index contributed by atoms with van der Waals surface area (Å²) < 4.78 is 1.94. The predicted octanol–water partition coefficient (Wildman–Crippen LogP) is 6.99. The van der Waals surface area contributed by atoms with E-state index in [1.165, 1.54) is 0 Å². The van der Waals surface area contributed by atoms with Gasteiger partial charge in [-0.15, -0.1) is 0 Å². The first-order chi connectivity index (χ1) is 20.2. The van der Waals surface area contributed by atoms with Gasteiger partial charge in [0, 0.05) is 5.56 Å². The van der Waals surface area contributed by atoms with Gasteiger partial charge in [0.2, 0.25) is 0 Å². The summed E-state index contributed by atoms with van der Waals surface area (Å²) >= 11 is 0. The van der Waals surface area contributed by atoms with Crippen molar-refractivity contribution < 1.29 is 4.79 Å². The molecule has 2 heterocycles. The molecule has 0 atom stereocenters. The molecule has 0 aliphatic carbocycles. The average molecular weight is 530 g/mol. The quantitative estimate of drug-likeness (QED) is 0.236. The molecule has 0 aliphatic heterocycles. The monoisotopic (exact) mass is 529 g/mol. The maximum atomic E-state index is 13.0. The molecule has 7 aromatic rings. The fourth-order valence-corrected chi connectivity index (χ4v) is 5.85. The number of primary amides is 1. The molecule has 1 amide bonds. The molecule has 0 spiro atoms. The number of pyridine rings is 1. The Balaban J connectivity index is 1.67. The van der Waals surface area contributed by atoms with Gasteiger partial charge in [-0.3, -0.25) is 4.79 Å². The summed E-state index contributed by atoms with van der Waals surface area (Å²) in [7, 11) is 0. The molecule has 41 heavy (non-hydrogen) atoms. The third-order valence-corrected chi connectivity index (χ3v) is 7.68. The van der Waals surface area contributed by atoms with Crippen molar-refractivity contribution in [1.29, 1.82) is 0 Å². The number of nitrogens with zero attached hydrogens (tertiary/aromatic N) is 3. The van der Waals surface area contributed by atoms with Gasteiger partial charge in [0.25, 0.3) is 5.91 Å². The van der Waals surface area contributed by atoms with Crippen LogP contribution in [0.5, 0.6) is 0 Å². The summed E-state index contributed by atoms with van der Waals surface area (Å²) in [5.74, 6) is -0.567. The zero-order chi connectivity index (χ0) is 27.8. The molecule has 2 N–H and O–H groups in total. The Bertz CT molecular complexity index is 1920. The molecule has 7 rings (SSSR count). The lowest BCUT2D eigenvalue weighted by molar-refractivity contribution is 0.100. The average Bonchev–Trinajstić information content (AvgIpc) is 3.43. The number of hydrogen-bond donors (Lipinski definition) is 1. The number of amides is 1. The highest BCUT2D eigenvalue weighted by molar-refractivity contribution is 6.07. The van der Waals surface area contributed by atoms with E-state index in [9.17, 15) is 4.79 Å². The molecule has 0 saturated carbocycles. The highest BCUT2D eigenvalue weighted by Gasteiger charge is 2.42. The second kappa shape index (κ2) is 9.88. The Labute approximate surface area is 237 Å². The lowest BCUT2D eigenvalue weighted by Crippen LogP contribution is -2.39. The molecule has 2 aromatic heterocycles. The Morgan fingerprint density at radius 3 is 1.78 bits per heavy atom. The molecule has 1 radical (unpaired) electrons. The lowest BCUT2D eigenvalue weighted by Gasteiger charge is -2.37. The molecule has 0 bridgehead atoms. The molecule has 0 aliphatic rings. The molecular weight excluding hydrogens is 504 g/mol. The first kappa shape index (κ1) is 24.5. The lowest BCUT2D eigenvalue weighted by atomic mass is 9.77. The molecule has 0 saturated heterocycles. The number of carbonyl (C=O) groups is 1. The SMILES string of the molecule is NC(=O)c1c[c]nc2c(-c3ccc4ccccc4c3)nn(C(c3ccccc3)(c3ccccc3)c3ccccc3)c12. The zero-order valence-electron chi connectivity index (χ0n) is 22.1. The molecule has 5 heteroatoms. The van der Waals surface area contributed by atoms with Gasteiger partial charge in [0.1, 0.15) is 22.3 Å². The van der Waals surface area contributed by atoms with E-state index in [1.54, 1.807) is 6.07 Å². The van der Waals surface area contributed by atoms with Crippen LogP contribution in [0.2, 0.25) is 0 Å². The minimum Gasteiger partial charge on any atom is -0.366 e. The van der Waals surface area contributed by atoms with Gasteiger partial charge in [0.05, 0.1) is 11.8 Å². The van der Waals surface area contributed by atoms with Crippen molar-refractivity contribution >= 4 is 27.7 Å². The predicted molar refractivity (Wildman–Crippen MR) is 162 cm³/mol. The van der Waals surface area contributed by atoms with Crippen LogP contribution in [0, 0.1) is 6.20 Å². The summed E-state index contributed by atoms with van der Waals surface area (Å²) in [4.78, 5) is 17.6. The third kappa shape index (κ3) is 3.90. The van der Waals surface area contributed by atoms with E-state index >= 15 is 0 Å². The maximum Gasteiger partial charge on any atom is 0.251 e. The number of hydrogen-bond acceptors (Lipinski definition) is 3. The molecule has 195 valence electrons. The fourth-order valence-electron chi connectivity index (χ4n) is 5.85. The van der Waals surface area contributed by atoms with E-state index in [2.05, 4.69) is 71.8 Å². The molecule has 5 nitrogen and oxygen atoms in total. The maximum absolute atomic E-state index is 13.0. The summed E-state index contributed by atoms with van der Waals surface area (Å²) in [6.45, 7) is 0. The van der Waals surface area contributed by atoms with Gasteiger partial charge < -0.3 is 5.73 Å². The number of fused-ring (bicyclic) bond motifs is 2. The third-order valence-electron chi connectivity index (χ3n) is 7.68. The Morgan fingerprint density at radius 2 is 1.22 bits per heavy atom. The van der Waals surface area contributed by atoms with E-state index < -0.39 is 11.4 Å². The van der Waals surface area contributed by atoms with Crippen LogP contribution in [0.3, 0.4) is 0 Å². The van der Waals surface area contributed by atoms with Gasteiger partial charge in [-0.05, 0) is 39.6 Å². The zero-order valence-corrected chi connectivity index (χ0v) is 22.1. The van der Waals surface area contributed by atoms with Gasteiger partial charge in [-0.1, -0.05) is 127 Å². The summed E-state index contributed by atoms with van der Waals surface area (Å²) in [5.41, 5.74) is 10.9. The summed E-state index contributed by atoms with van der Waals surface area (Å²) in [5, 5.41) is 7.55. The van der Waals surface area contributed by atoms with E-state index in [1.807, 2.05) is 77.5 Å². The highest BCUT2D eigenvalue weighted by atomic mass is 16.1. The molecule has 0 unspecified atom stereocenters. The van der Waals surface area contributed by atoms with Crippen LogP contribution in [0.25, 0.3) is 33.1 Å². The van der Waals surface area contributed by atoms with Crippen LogP contribution in [-0.2, 0) is 5.54 Å². The van der Waals surface area contributed by atoms with Gasteiger partial charge in [-0.25, -0.2) is 9.67 Å². The van der Waals surface area contributed by atoms with Crippen molar-refractivity contribution in [3.8, 4) is 11.3 Å². The molecule has 5 aromatic carbocycles. The van der Waals surface area contributed by atoms with Gasteiger partial charge in [0.15, 0.2) is 0 Å². The van der Waals surface area contributed by atoms with Gasteiger partial charge >= 0.3 is 0 Å². The summed E-state index contributed by atoms with van der Waals surface area (Å²) in [6.07, 6.45) is 2.91. The van der Waals surface area contributed by atoms with Crippen LogP contribution in [-0.4, -0.2) is 20.7 Å². The van der Waals surface area contributed by atoms with Gasteiger partial charge in [-0.2, -0.15) is 5.10 Å². The molecular formula is C36H25N4O. The van der Waals surface area contributed by atoms with Crippen LogP contribution in [0.4, 0.5) is 0 Å². The second-order valence-corrected chi connectivity index (χ2v) is 9.99. The smallest absolute Gasteiger partial charge is 0.251 e. The highest BCUT2D eigenvalue weighted by Crippen LogP contribution is 2.44. The van der Waals surface area contributed by atoms with Crippen molar-refractivity contribution in [1.82, 2.24) is 14.8 Å². The van der Waals surface area contributed by atoms with E-state index in [0.717, 1.165) is 33.0 Å². The standard InChI is InChI=1S/C36H25N4O/c37-35(41)31-22-23-38-33-32(27-21-20-25-12-10-11-13-26(25)24-27)39-40(34(31)33)36(28-14-4-1-5-15-28,29-16-6-2-7-17-29)30-18-8-3-9-19-30/h1-22,24H,(H2,37,41). The van der Waals surface area contributed by atoms with Crippen molar-refractivity contribution in [3.05, 3.63) is 168 Å². The van der Waals surface area contributed by atoms with Crippen LogP contribution in [0.15, 0.2) is 140 Å².